The minimum Gasteiger partial charge on any atom is -0.379 e. The van der Waals surface area contributed by atoms with Gasteiger partial charge in [-0.15, -0.1) is 0 Å². The molecule has 3 aromatic rings. The maximum absolute atomic E-state index is 14.3. The van der Waals surface area contributed by atoms with Crippen LogP contribution in [-0.2, 0) is 14.4 Å². The van der Waals surface area contributed by atoms with Crippen LogP contribution in [0, 0.1) is 17.6 Å². The fraction of sp³-hybridized carbons (Fsp3) is 0.273. The van der Waals surface area contributed by atoms with Crippen molar-refractivity contribution in [3.63, 3.8) is 0 Å². The number of hydrogen-bond donors (Lipinski definition) is 1. The number of carbonyl (C=O) groups excluding carboxylic acids is 2. The number of halogens is 4. The van der Waals surface area contributed by atoms with E-state index in [1.165, 1.54) is 24.3 Å². The molecule has 0 bridgehead atoms. The minimum atomic E-state index is -0.597. The molecular formula is C33H30Cl2F2N2O4. The lowest BCUT2D eigenvalue weighted by Gasteiger charge is -2.36. The predicted octanol–water partition coefficient (Wildman–Crippen LogP) is 6.78. The summed E-state index contributed by atoms with van der Waals surface area (Å²) in [7, 11) is 0. The monoisotopic (exact) mass is 626 g/mol. The van der Waals surface area contributed by atoms with Crippen molar-refractivity contribution in [2.75, 3.05) is 32.8 Å². The second-order valence-electron chi connectivity index (χ2n) is 10.6. The molecule has 3 aromatic carbocycles. The molecule has 0 aromatic heterocycles. The van der Waals surface area contributed by atoms with Crippen molar-refractivity contribution >= 4 is 47.0 Å². The van der Waals surface area contributed by atoms with Gasteiger partial charge in [0.15, 0.2) is 5.78 Å². The van der Waals surface area contributed by atoms with Gasteiger partial charge < -0.3 is 4.74 Å². The lowest BCUT2D eigenvalue weighted by molar-refractivity contribution is -0.114. The summed E-state index contributed by atoms with van der Waals surface area (Å²) in [5, 5.41) is -0.0399. The average Bonchev–Trinajstić information content (AvgIpc) is 3.01. The zero-order valence-corrected chi connectivity index (χ0v) is 24.7. The number of carbonyl (C=O) groups is 2. The number of morpholine rings is 1. The molecule has 1 aliphatic heterocycles. The molecule has 224 valence electrons. The van der Waals surface area contributed by atoms with Crippen molar-refractivity contribution in [2.45, 2.75) is 18.9 Å². The Balaban J connectivity index is 1.48. The van der Waals surface area contributed by atoms with Crippen LogP contribution >= 0.6 is 23.2 Å². The van der Waals surface area contributed by atoms with Crippen molar-refractivity contribution in [2.24, 2.45) is 5.92 Å². The third kappa shape index (κ3) is 8.16. The topological polar surface area (TPSA) is 67.9 Å². The first-order valence-electron chi connectivity index (χ1n) is 13.9. The normalized spacial score (nSPS) is 20.4. The SMILES string of the molecule is O=C1/C(=C/c2ccc(Cl)c(F)c2)CC(C(CN2CCOCC2)ONC(=O)c2ccccc2)C/C1=C\c1ccc(Cl)c(F)c1. The summed E-state index contributed by atoms with van der Waals surface area (Å²) in [5.74, 6) is -2.08. The van der Waals surface area contributed by atoms with Crippen LogP contribution in [0.4, 0.5) is 8.78 Å². The quantitative estimate of drug-likeness (QED) is 0.220. The Morgan fingerprint density at radius 3 is 2.02 bits per heavy atom. The van der Waals surface area contributed by atoms with Crippen molar-refractivity contribution in [1.82, 2.24) is 10.4 Å². The maximum atomic E-state index is 14.3. The summed E-state index contributed by atoms with van der Waals surface area (Å²) in [4.78, 5) is 34.9. The molecule has 1 unspecified atom stereocenters. The van der Waals surface area contributed by atoms with Gasteiger partial charge in [-0.3, -0.25) is 19.3 Å². The van der Waals surface area contributed by atoms with Crippen LogP contribution in [0.5, 0.6) is 0 Å². The predicted molar refractivity (Wildman–Crippen MR) is 163 cm³/mol. The summed E-state index contributed by atoms with van der Waals surface area (Å²) in [6.45, 7) is 3.01. The van der Waals surface area contributed by atoms with Gasteiger partial charge in [0.05, 0.1) is 23.3 Å². The summed E-state index contributed by atoms with van der Waals surface area (Å²) in [6.07, 6.45) is 3.38. The number of nitrogens with one attached hydrogen (secondary N) is 1. The Hall–Kier alpha value is -3.40. The Labute approximate surface area is 258 Å². The second kappa shape index (κ2) is 14.4. The van der Waals surface area contributed by atoms with Gasteiger partial charge in [-0.1, -0.05) is 53.5 Å². The van der Waals surface area contributed by atoms with Crippen LogP contribution in [0.25, 0.3) is 12.2 Å². The highest BCUT2D eigenvalue weighted by atomic mass is 35.5. The number of hydroxylamine groups is 1. The molecular weight excluding hydrogens is 597 g/mol. The van der Waals surface area contributed by atoms with Crippen LogP contribution in [0.15, 0.2) is 77.9 Å². The minimum absolute atomic E-state index is 0.0199. The van der Waals surface area contributed by atoms with E-state index in [0.29, 0.717) is 73.5 Å². The van der Waals surface area contributed by atoms with Crippen LogP contribution < -0.4 is 5.48 Å². The molecule has 1 atom stereocenters. The number of amides is 1. The zero-order valence-electron chi connectivity index (χ0n) is 23.2. The van der Waals surface area contributed by atoms with Gasteiger partial charge in [0, 0.05) is 36.3 Å². The molecule has 43 heavy (non-hydrogen) atoms. The smallest absolute Gasteiger partial charge is 0.274 e. The van der Waals surface area contributed by atoms with Crippen molar-refractivity contribution in [1.29, 1.82) is 0 Å². The second-order valence-corrected chi connectivity index (χ2v) is 11.4. The van der Waals surface area contributed by atoms with E-state index in [-0.39, 0.29) is 27.7 Å². The largest absolute Gasteiger partial charge is 0.379 e. The number of rotatable bonds is 8. The highest BCUT2D eigenvalue weighted by molar-refractivity contribution is 6.31. The zero-order chi connectivity index (χ0) is 30.3. The van der Waals surface area contributed by atoms with E-state index in [4.69, 9.17) is 32.8 Å². The summed E-state index contributed by atoms with van der Waals surface area (Å²) in [6, 6.07) is 17.4. The number of ether oxygens (including phenoxy) is 1. The number of ketones is 1. The molecule has 10 heteroatoms. The summed E-state index contributed by atoms with van der Waals surface area (Å²) >= 11 is 11.7. The van der Waals surface area contributed by atoms with Crippen molar-refractivity contribution in [3.05, 3.63) is 116 Å². The molecule has 6 nitrogen and oxygen atoms in total. The Morgan fingerprint density at radius 1 is 0.930 bits per heavy atom. The number of benzene rings is 3. The standard InChI is InChI=1S/C33H30Cl2F2N2O4/c34-27-8-6-21(16-29(27)36)14-25-18-24(19-26(32(25)40)15-22-7-9-28(35)30(37)17-22)31(20-39-10-12-42-13-11-39)43-38-33(41)23-4-2-1-3-5-23/h1-9,14-17,24,31H,10-13,18-20H2,(H,38,41)/b25-14+,26-15+. The van der Waals surface area contributed by atoms with E-state index in [1.54, 1.807) is 48.6 Å². The summed E-state index contributed by atoms with van der Waals surface area (Å²) in [5.41, 5.74) is 4.87. The highest BCUT2D eigenvalue weighted by Gasteiger charge is 2.35. The van der Waals surface area contributed by atoms with Gasteiger partial charge in [-0.05, 0) is 78.4 Å². The molecule has 1 heterocycles. The van der Waals surface area contributed by atoms with E-state index < -0.39 is 17.7 Å². The third-order valence-electron chi connectivity index (χ3n) is 7.52. The van der Waals surface area contributed by atoms with Gasteiger partial charge in [0.25, 0.3) is 5.91 Å². The van der Waals surface area contributed by atoms with Gasteiger partial charge in [-0.2, -0.15) is 0 Å². The number of hydrogen-bond acceptors (Lipinski definition) is 5. The molecule has 0 radical (unpaired) electrons. The molecule has 1 saturated heterocycles. The summed E-state index contributed by atoms with van der Waals surface area (Å²) < 4.78 is 34.0. The number of Topliss-reactive ketones (excluding diaryl/α,β-unsaturated/α-hetero) is 1. The van der Waals surface area contributed by atoms with Gasteiger partial charge in [0.2, 0.25) is 0 Å². The first-order valence-corrected chi connectivity index (χ1v) is 14.7. The molecule has 0 spiro atoms. The van der Waals surface area contributed by atoms with Crippen LogP contribution in [0.2, 0.25) is 10.0 Å². The number of allylic oxidation sites excluding steroid dienone is 2. The molecule has 1 N–H and O–H groups in total. The lowest BCUT2D eigenvalue weighted by atomic mass is 9.77. The lowest BCUT2D eigenvalue weighted by Crippen LogP contribution is -2.47. The van der Waals surface area contributed by atoms with E-state index in [2.05, 4.69) is 10.4 Å². The first kappa shape index (κ1) is 31.0. The highest BCUT2D eigenvalue weighted by Crippen LogP contribution is 2.36. The Kier molecular flexibility index (Phi) is 10.4. The van der Waals surface area contributed by atoms with Crippen molar-refractivity contribution in [3.8, 4) is 0 Å². The Morgan fingerprint density at radius 2 is 1.49 bits per heavy atom. The molecule has 2 aliphatic rings. The van der Waals surface area contributed by atoms with Crippen LogP contribution in [0.3, 0.4) is 0 Å². The fourth-order valence-corrected chi connectivity index (χ4v) is 5.48. The van der Waals surface area contributed by atoms with E-state index in [1.807, 2.05) is 6.07 Å². The van der Waals surface area contributed by atoms with E-state index in [0.717, 1.165) is 0 Å². The van der Waals surface area contributed by atoms with Gasteiger partial charge in [0.1, 0.15) is 17.7 Å². The van der Waals surface area contributed by atoms with Crippen LogP contribution in [-0.4, -0.2) is 55.5 Å². The van der Waals surface area contributed by atoms with Crippen LogP contribution in [0.1, 0.15) is 34.3 Å². The first-order chi connectivity index (χ1) is 20.8. The third-order valence-corrected chi connectivity index (χ3v) is 8.14. The van der Waals surface area contributed by atoms with Gasteiger partial charge >= 0.3 is 0 Å². The van der Waals surface area contributed by atoms with E-state index in [9.17, 15) is 18.4 Å². The van der Waals surface area contributed by atoms with Crippen molar-refractivity contribution < 1.29 is 27.9 Å². The maximum Gasteiger partial charge on any atom is 0.274 e. The molecule has 1 amide bonds. The molecule has 5 rings (SSSR count). The number of nitrogens with zero attached hydrogens (tertiary/aromatic N) is 1. The average molecular weight is 628 g/mol. The Bertz CT molecular complexity index is 1470. The van der Waals surface area contributed by atoms with E-state index >= 15 is 0 Å². The van der Waals surface area contributed by atoms with Gasteiger partial charge in [-0.25, -0.2) is 14.3 Å². The molecule has 2 fully saturated rings. The fourth-order valence-electron chi connectivity index (χ4n) is 5.25. The molecule has 1 saturated carbocycles. The molecule has 1 aliphatic carbocycles.